The van der Waals surface area contributed by atoms with Gasteiger partial charge in [-0.05, 0) is 52.0 Å². The molecule has 0 aliphatic heterocycles. The number of nitrogens with one attached hydrogen (secondary N) is 1. The third kappa shape index (κ3) is 3.58. The van der Waals surface area contributed by atoms with E-state index in [1.165, 1.54) is 4.90 Å². The Morgan fingerprint density at radius 2 is 2.05 bits per heavy atom. The van der Waals surface area contributed by atoms with Gasteiger partial charge in [0.15, 0.2) is 10.6 Å². The minimum atomic E-state index is -0.558. The second-order valence-corrected chi connectivity index (χ2v) is 6.02. The molecule has 2 rings (SSSR count). The molecule has 1 heterocycles. The summed E-state index contributed by atoms with van der Waals surface area (Å²) in [5.41, 5.74) is 0.285. The summed E-state index contributed by atoms with van der Waals surface area (Å²) in [6.45, 7) is 7.83. The molecule has 1 amide bonds. The maximum absolute atomic E-state index is 12.4. The predicted octanol–water partition coefficient (Wildman–Crippen LogP) is 4.05. The molecule has 0 aliphatic rings. The Morgan fingerprint density at radius 3 is 2.67 bits per heavy atom. The van der Waals surface area contributed by atoms with Crippen LogP contribution < -0.4 is 4.90 Å². The second kappa shape index (κ2) is 5.81. The van der Waals surface area contributed by atoms with Crippen molar-refractivity contribution in [2.45, 2.75) is 33.3 Å². The number of nitrogens with zero attached hydrogens (tertiary/aromatic N) is 2. The zero-order valence-electron chi connectivity index (χ0n) is 12.6. The molecule has 0 bridgehead atoms. The van der Waals surface area contributed by atoms with Gasteiger partial charge in [-0.25, -0.2) is 9.78 Å². The largest absolute Gasteiger partial charge is 0.443 e. The van der Waals surface area contributed by atoms with Crippen molar-refractivity contribution in [3.8, 4) is 0 Å². The molecule has 0 aliphatic carbocycles. The summed E-state index contributed by atoms with van der Waals surface area (Å²) in [5.74, 6) is 0.520. The molecule has 1 aromatic heterocycles. The number of anilines is 1. The number of rotatable bonds is 2. The van der Waals surface area contributed by atoms with Crippen LogP contribution in [0.1, 0.15) is 27.7 Å². The summed E-state index contributed by atoms with van der Waals surface area (Å²) in [5, 5.41) is 0.832. The Balaban J connectivity index is 2.52. The van der Waals surface area contributed by atoms with Crippen LogP contribution in [-0.2, 0) is 4.74 Å². The van der Waals surface area contributed by atoms with Crippen LogP contribution in [-0.4, -0.2) is 28.2 Å². The van der Waals surface area contributed by atoms with Crippen LogP contribution in [0.15, 0.2) is 24.3 Å². The van der Waals surface area contributed by atoms with Gasteiger partial charge >= 0.3 is 6.09 Å². The molecule has 0 fully saturated rings. The third-order valence-corrected chi connectivity index (χ3v) is 3.00. The van der Waals surface area contributed by atoms with E-state index in [0.29, 0.717) is 17.1 Å². The second-order valence-electron chi connectivity index (χ2n) is 5.64. The molecule has 112 valence electrons. The first-order valence-corrected chi connectivity index (χ1v) is 7.22. The predicted molar refractivity (Wildman–Crippen MR) is 86.2 cm³/mol. The van der Waals surface area contributed by atoms with Crippen LogP contribution in [0.5, 0.6) is 0 Å². The van der Waals surface area contributed by atoms with Gasteiger partial charge in [-0.3, -0.25) is 4.90 Å². The van der Waals surface area contributed by atoms with E-state index in [0.717, 1.165) is 10.9 Å². The number of fused-ring (bicyclic) bond motifs is 1. The Kier molecular flexibility index (Phi) is 4.27. The summed E-state index contributed by atoms with van der Waals surface area (Å²) < 4.78 is 5.78. The average Bonchev–Trinajstić information content (AvgIpc) is 2.37. The van der Waals surface area contributed by atoms with Crippen molar-refractivity contribution in [2.75, 3.05) is 11.4 Å². The number of carbonyl (C=O) groups is 1. The summed E-state index contributed by atoms with van der Waals surface area (Å²) >= 11 is 5.14. The van der Waals surface area contributed by atoms with Crippen LogP contribution in [0.4, 0.5) is 10.6 Å². The fourth-order valence-corrected chi connectivity index (χ4v) is 2.17. The number of ether oxygens (including phenoxy) is 1. The van der Waals surface area contributed by atoms with Crippen molar-refractivity contribution >= 4 is 35.0 Å². The van der Waals surface area contributed by atoms with E-state index in [9.17, 15) is 4.79 Å². The first-order chi connectivity index (χ1) is 9.81. The maximum Gasteiger partial charge on any atom is 0.416 e. The molecule has 0 spiro atoms. The van der Waals surface area contributed by atoms with Gasteiger partial charge < -0.3 is 9.72 Å². The van der Waals surface area contributed by atoms with Crippen molar-refractivity contribution in [3.63, 3.8) is 0 Å². The zero-order chi connectivity index (χ0) is 15.6. The quantitative estimate of drug-likeness (QED) is 0.850. The van der Waals surface area contributed by atoms with E-state index in [4.69, 9.17) is 17.0 Å². The lowest BCUT2D eigenvalue weighted by Crippen LogP contribution is -2.37. The zero-order valence-corrected chi connectivity index (χ0v) is 13.5. The first-order valence-electron chi connectivity index (χ1n) is 6.81. The Bertz CT molecular complexity index is 719. The Hall–Kier alpha value is -1.95. The summed E-state index contributed by atoms with van der Waals surface area (Å²) in [6.07, 6.45) is -0.428. The molecule has 6 heteroatoms. The minimum absolute atomic E-state index is 0.339. The smallest absolute Gasteiger partial charge is 0.416 e. The normalized spacial score (nSPS) is 11.4. The monoisotopic (exact) mass is 305 g/mol. The Labute approximate surface area is 129 Å². The molecule has 0 saturated carbocycles. The van der Waals surface area contributed by atoms with Gasteiger partial charge in [0.05, 0.1) is 5.52 Å². The molecule has 0 atom stereocenters. The van der Waals surface area contributed by atoms with Gasteiger partial charge in [-0.1, -0.05) is 12.1 Å². The standard InChI is InChI=1S/C15H19N3O2S/c1-5-18(14(19)20-15(2,3)4)12-10-8-6-7-9-11(10)16-13(21)17-12/h6-9H,5H2,1-4H3,(H,16,17,21). The number of amides is 1. The van der Waals surface area contributed by atoms with Crippen LogP contribution >= 0.6 is 12.2 Å². The molecule has 2 aromatic rings. The Morgan fingerprint density at radius 1 is 1.38 bits per heavy atom. The highest BCUT2D eigenvalue weighted by molar-refractivity contribution is 7.71. The van der Waals surface area contributed by atoms with Gasteiger partial charge in [0, 0.05) is 11.9 Å². The number of benzene rings is 1. The van der Waals surface area contributed by atoms with Crippen molar-refractivity contribution in [1.82, 2.24) is 9.97 Å². The van der Waals surface area contributed by atoms with E-state index in [2.05, 4.69) is 9.97 Å². The number of aromatic amines is 1. The van der Waals surface area contributed by atoms with Gasteiger partial charge in [0.2, 0.25) is 0 Å². The van der Waals surface area contributed by atoms with E-state index in [1.54, 1.807) is 0 Å². The minimum Gasteiger partial charge on any atom is -0.443 e. The van der Waals surface area contributed by atoms with E-state index in [-0.39, 0.29) is 0 Å². The van der Waals surface area contributed by atoms with Crippen molar-refractivity contribution < 1.29 is 9.53 Å². The molecule has 1 aromatic carbocycles. The van der Waals surface area contributed by atoms with Gasteiger partial charge in [0.1, 0.15) is 5.60 Å². The van der Waals surface area contributed by atoms with Crippen LogP contribution in [0.25, 0.3) is 10.9 Å². The third-order valence-electron chi connectivity index (χ3n) is 2.80. The van der Waals surface area contributed by atoms with E-state index in [1.807, 2.05) is 52.0 Å². The summed E-state index contributed by atoms with van der Waals surface area (Å²) in [7, 11) is 0. The summed E-state index contributed by atoms with van der Waals surface area (Å²) in [4.78, 5) is 21.2. The SMILES string of the molecule is CCN(C(=O)OC(C)(C)C)c1nc(=S)[nH]c2ccccc12. The number of aromatic nitrogens is 2. The average molecular weight is 305 g/mol. The molecule has 0 unspecified atom stereocenters. The van der Waals surface area contributed by atoms with Crippen LogP contribution in [0.2, 0.25) is 0 Å². The number of carbonyl (C=O) groups excluding carboxylic acids is 1. The highest BCUT2D eigenvalue weighted by atomic mass is 32.1. The lowest BCUT2D eigenvalue weighted by molar-refractivity contribution is 0.0581. The van der Waals surface area contributed by atoms with Gasteiger partial charge in [0.25, 0.3) is 0 Å². The maximum atomic E-state index is 12.4. The fourth-order valence-electron chi connectivity index (χ4n) is 1.97. The van der Waals surface area contributed by atoms with Gasteiger partial charge in [-0.2, -0.15) is 0 Å². The molecular weight excluding hydrogens is 286 g/mol. The fraction of sp³-hybridized carbons (Fsp3) is 0.400. The topological polar surface area (TPSA) is 58.2 Å². The number of para-hydroxylation sites is 1. The molecule has 1 N–H and O–H groups in total. The van der Waals surface area contributed by atoms with Crippen molar-refractivity contribution in [2.24, 2.45) is 0 Å². The van der Waals surface area contributed by atoms with E-state index < -0.39 is 11.7 Å². The van der Waals surface area contributed by atoms with Crippen molar-refractivity contribution in [3.05, 3.63) is 29.0 Å². The van der Waals surface area contributed by atoms with Gasteiger partial charge in [-0.15, -0.1) is 0 Å². The highest BCUT2D eigenvalue weighted by Crippen LogP contribution is 2.24. The molecule has 0 saturated heterocycles. The van der Waals surface area contributed by atoms with Crippen LogP contribution in [0, 0.1) is 4.77 Å². The first kappa shape index (κ1) is 15.4. The van der Waals surface area contributed by atoms with Crippen molar-refractivity contribution in [1.29, 1.82) is 0 Å². The molecular formula is C15H19N3O2S. The van der Waals surface area contributed by atoms with E-state index >= 15 is 0 Å². The number of hydrogen-bond donors (Lipinski definition) is 1. The number of hydrogen-bond acceptors (Lipinski definition) is 4. The summed E-state index contributed by atoms with van der Waals surface area (Å²) in [6, 6.07) is 7.60. The molecule has 0 radical (unpaired) electrons. The lowest BCUT2D eigenvalue weighted by atomic mass is 10.2. The lowest BCUT2D eigenvalue weighted by Gasteiger charge is -2.26. The molecule has 5 nitrogen and oxygen atoms in total. The highest BCUT2D eigenvalue weighted by Gasteiger charge is 2.24. The van der Waals surface area contributed by atoms with Crippen LogP contribution in [0.3, 0.4) is 0 Å². The molecule has 21 heavy (non-hydrogen) atoms. The number of H-pyrrole nitrogens is 1.